The molecule has 38 heavy (non-hydrogen) atoms. The Balaban J connectivity index is 1.53. The third-order valence-electron chi connectivity index (χ3n) is 6.99. The second kappa shape index (κ2) is 10.3. The molecule has 0 saturated heterocycles. The summed E-state index contributed by atoms with van der Waals surface area (Å²) in [6.07, 6.45) is 1.03. The van der Waals surface area contributed by atoms with Crippen LogP contribution in [0.5, 0.6) is 0 Å². The molecule has 3 N–H and O–H groups in total. The van der Waals surface area contributed by atoms with Crippen LogP contribution in [0.1, 0.15) is 74.8 Å². The molecule has 8 nitrogen and oxygen atoms in total. The van der Waals surface area contributed by atoms with Crippen molar-refractivity contribution in [1.82, 2.24) is 19.7 Å². The summed E-state index contributed by atoms with van der Waals surface area (Å²) >= 11 is 0. The van der Waals surface area contributed by atoms with Gasteiger partial charge in [0.2, 0.25) is 0 Å². The molecule has 2 atom stereocenters. The minimum absolute atomic E-state index is 0.0916. The van der Waals surface area contributed by atoms with Gasteiger partial charge in [0, 0.05) is 35.6 Å². The van der Waals surface area contributed by atoms with Crippen LogP contribution in [0, 0.1) is 12.7 Å². The van der Waals surface area contributed by atoms with Crippen LogP contribution in [0.2, 0.25) is 0 Å². The van der Waals surface area contributed by atoms with Crippen LogP contribution in [0.25, 0.3) is 0 Å². The van der Waals surface area contributed by atoms with Crippen molar-refractivity contribution in [3.8, 4) is 0 Å². The van der Waals surface area contributed by atoms with Gasteiger partial charge in [0.05, 0.1) is 19.2 Å². The second-order valence-corrected chi connectivity index (χ2v) is 9.87. The summed E-state index contributed by atoms with van der Waals surface area (Å²) in [6, 6.07) is 15.2. The molecule has 0 spiro atoms. The molecule has 2 amide bonds. The zero-order valence-corrected chi connectivity index (χ0v) is 21.5. The van der Waals surface area contributed by atoms with Gasteiger partial charge in [-0.3, -0.25) is 14.3 Å². The number of fused-ring (bicyclic) bond motifs is 1. The third-order valence-corrected chi connectivity index (χ3v) is 6.99. The Hall–Kier alpha value is -4.24. The summed E-state index contributed by atoms with van der Waals surface area (Å²) in [6.45, 7) is 6.59. The van der Waals surface area contributed by atoms with E-state index in [1.165, 1.54) is 12.1 Å². The number of aromatic nitrogens is 3. The number of hydrogen-bond donors (Lipinski definition) is 3. The van der Waals surface area contributed by atoms with Crippen molar-refractivity contribution >= 4 is 17.5 Å². The van der Waals surface area contributed by atoms with Crippen molar-refractivity contribution in [2.45, 2.75) is 45.9 Å². The summed E-state index contributed by atoms with van der Waals surface area (Å²) < 4.78 is 15.5. The average Bonchev–Trinajstić information content (AvgIpc) is 3.54. The highest BCUT2D eigenvalue weighted by molar-refractivity contribution is 6.04. The van der Waals surface area contributed by atoms with Crippen LogP contribution in [0.4, 0.5) is 10.1 Å². The maximum atomic E-state index is 13.7. The SMILES string of the molecule is Cc1cc(F)ccc1Cn1nc(C(=O)Nc2cccc([C@H](C)O)c2)c2c1[C@H](C)CN(C(=O)c1ccc[nH]1)C2. The molecular formula is C29H30FN5O3. The van der Waals surface area contributed by atoms with Crippen molar-refractivity contribution in [2.75, 3.05) is 11.9 Å². The Kier molecular flexibility index (Phi) is 6.86. The molecule has 0 fully saturated rings. The Labute approximate surface area is 220 Å². The molecular weight excluding hydrogens is 485 g/mol. The predicted molar refractivity (Wildman–Crippen MR) is 141 cm³/mol. The van der Waals surface area contributed by atoms with Gasteiger partial charge < -0.3 is 20.3 Å². The number of aliphatic hydroxyl groups is 1. The lowest BCUT2D eigenvalue weighted by atomic mass is 9.95. The minimum atomic E-state index is -0.675. The van der Waals surface area contributed by atoms with Crippen LogP contribution in [0.3, 0.4) is 0 Å². The Morgan fingerprint density at radius 2 is 2.03 bits per heavy atom. The molecule has 3 heterocycles. The van der Waals surface area contributed by atoms with Gasteiger partial charge in [0.25, 0.3) is 11.8 Å². The van der Waals surface area contributed by atoms with E-state index >= 15 is 0 Å². The fraction of sp³-hybridized carbons (Fsp3) is 0.276. The number of hydrogen-bond acceptors (Lipinski definition) is 4. The van der Waals surface area contributed by atoms with Crippen molar-refractivity contribution in [2.24, 2.45) is 0 Å². The molecule has 0 unspecified atom stereocenters. The first-order valence-electron chi connectivity index (χ1n) is 12.6. The van der Waals surface area contributed by atoms with Gasteiger partial charge in [-0.15, -0.1) is 0 Å². The number of H-pyrrole nitrogens is 1. The lowest BCUT2D eigenvalue weighted by Gasteiger charge is -2.32. The first-order chi connectivity index (χ1) is 18.2. The second-order valence-electron chi connectivity index (χ2n) is 9.87. The van der Waals surface area contributed by atoms with Crippen molar-refractivity contribution in [3.05, 3.63) is 106 Å². The quantitative estimate of drug-likeness (QED) is 0.344. The van der Waals surface area contributed by atoms with Gasteiger partial charge in [0.1, 0.15) is 11.5 Å². The van der Waals surface area contributed by atoms with Crippen LogP contribution in [-0.4, -0.2) is 43.1 Å². The van der Waals surface area contributed by atoms with E-state index in [4.69, 9.17) is 5.10 Å². The van der Waals surface area contributed by atoms with Crippen molar-refractivity contribution in [3.63, 3.8) is 0 Å². The van der Waals surface area contributed by atoms with Gasteiger partial charge in [-0.2, -0.15) is 5.10 Å². The number of amides is 2. The number of halogens is 1. The zero-order chi connectivity index (χ0) is 27.0. The molecule has 2 aromatic carbocycles. The van der Waals surface area contributed by atoms with E-state index in [0.29, 0.717) is 35.6 Å². The summed E-state index contributed by atoms with van der Waals surface area (Å²) in [5, 5.41) is 17.6. The molecule has 1 aliphatic heterocycles. The standard InChI is InChI=1S/C29H30FN5O3/c1-17-12-22(30)10-9-21(17)15-35-27-18(2)14-34(29(38)25-8-5-11-31-25)16-24(27)26(33-35)28(37)32-23-7-4-6-20(13-23)19(3)36/h4-13,18-19,31,36H,14-16H2,1-3H3,(H,32,37)/t18-,19+/m1/s1. The van der Waals surface area contributed by atoms with Gasteiger partial charge in [-0.25, -0.2) is 4.39 Å². The lowest BCUT2D eigenvalue weighted by Crippen LogP contribution is -2.38. The van der Waals surface area contributed by atoms with E-state index in [1.54, 1.807) is 65.2 Å². The van der Waals surface area contributed by atoms with E-state index in [2.05, 4.69) is 10.3 Å². The molecule has 5 rings (SSSR count). The number of anilines is 1. The van der Waals surface area contributed by atoms with Gasteiger partial charge in [-0.05, 0) is 66.9 Å². The fourth-order valence-corrected chi connectivity index (χ4v) is 5.05. The van der Waals surface area contributed by atoms with Crippen LogP contribution >= 0.6 is 0 Å². The highest BCUT2D eigenvalue weighted by Crippen LogP contribution is 2.33. The molecule has 0 bridgehead atoms. The molecule has 4 aromatic rings. The van der Waals surface area contributed by atoms with E-state index in [9.17, 15) is 19.1 Å². The minimum Gasteiger partial charge on any atom is -0.389 e. The zero-order valence-electron chi connectivity index (χ0n) is 21.5. The number of benzene rings is 2. The van der Waals surface area contributed by atoms with Crippen molar-refractivity contribution < 1.29 is 19.1 Å². The number of rotatable bonds is 6. The van der Waals surface area contributed by atoms with Gasteiger partial charge in [0.15, 0.2) is 5.69 Å². The molecule has 2 aromatic heterocycles. The summed E-state index contributed by atoms with van der Waals surface area (Å²) in [4.78, 5) is 31.4. The number of aromatic amines is 1. The van der Waals surface area contributed by atoms with Crippen LogP contribution in [-0.2, 0) is 13.1 Å². The van der Waals surface area contributed by atoms with E-state index in [-0.39, 0.29) is 29.9 Å². The molecule has 0 aliphatic carbocycles. The largest absolute Gasteiger partial charge is 0.389 e. The number of carbonyl (C=O) groups is 2. The summed E-state index contributed by atoms with van der Waals surface area (Å²) in [5.74, 6) is -0.948. The molecule has 0 radical (unpaired) electrons. The molecule has 196 valence electrons. The smallest absolute Gasteiger partial charge is 0.276 e. The maximum Gasteiger partial charge on any atom is 0.276 e. The summed E-state index contributed by atoms with van der Waals surface area (Å²) in [7, 11) is 0. The number of nitrogens with zero attached hydrogens (tertiary/aromatic N) is 3. The average molecular weight is 516 g/mol. The van der Waals surface area contributed by atoms with Crippen molar-refractivity contribution in [1.29, 1.82) is 0 Å². The third kappa shape index (κ3) is 4.97. The Morgan fingerprint density at radius 1 is 1.21 bits per heavy atom. The predicted octanol–water partition coefficient (Wildman–Crippen LogP) is 4.77. The normalized spacial score (nSPS) is 15.7. The highest BCUT2D eigenvalue weighted by Gasteiger charge is 2.34. The van der Waals surface area contributed by atoms with Crippen LogP contribution in [0.15, 0.2) is 60.8 Å². The fourth-order valence-electron chi connectivity index (χ4n) is 5.05. The lowest BCUT2D eigenvalue weighted by molar-refractivity contribution is 0.0711. The topological polar surface area (TPSA) is 103 Å². The number of carbonyl (C=O) groups excluding carboxylic acids is 2. The van der Waals surface area contributed by atoms with E-state index in [0.717, 1.165) is 16.8 Å². The Morgan fingerprint density at radius 3 is 2.74 bits per heavy atom. The molecule has 9 heteroatoms. The maximum absolute atomic E-state index is 13.7. The van der Waals surface area contributed by atoms with E-state index < -0.39 is 12.0 Å². The van der Waals surface area contributed by atoms with Gasteiger partial charge in [-0.1, -0.05) is 25.1 Å². The van der Waals surface area contributed by atoms with E-state index in [1.807, 2.05) is 13.8 Å². The monoisotopic (exact) mass is 515 g/mol. The first-order valence-corrected chi connectivity index (χ1v) is 12.6. The number of aryl methyl sites for hydroxylation is 1. The number of aliphatic hydroxyl groups excluding tert-OH is 1. The number of nitrogens with one attached hydrogen (secondary N) is 2. The Bertz CT molecular complexity index is 1490. The molecule has 1 aliphatic rings. The highest BCUT2D eigenvalue weighted by atomic mass is 19.1. The first kappa shape index (κ1) is 25.4. The van der Waals surface area contributed by atoms with Crippen LogP contribution < -0.4 is 5.32 Å². The molecule has 0 saturated carbocycles. The van der Waals surface area contributed by atoms with Gasteiger partial charge >= 0.3 is 0 Å². The summed E-state index contributed by atoms with van der Waals surface area (Å²) in [5.41, 5.74) is 5.19.